The molecule has 0 aliphatic carbocycles. The Kier molecular flexibility index (Phi) is 3.75. The fraction of sp³-hybridized carbons (Fsp3) is 0.429. The average Bonchev–Trinajstić information content (AvgIpc) is 2.65. The van der Waals surface area contributed by atoms with E-state index in [1.165, 1.54) is 16.5 Å². The fourth-order valence-corrected chi connectivity index (χ4v) is 2.38. The molecule has 0 atom stereocenters. The van der Waals surface area contributed by atoms with Crippen LogP contribution in [0.1, 0.15) is 24.5 Å². The third-order valence-electron chi connectivity index (χ3n) is 3.23. The highest BCUT2D eigenvalue weighted by Crippen LogP contribution is 2.28. The highest BCUT2D eigenvalue weighted by atomic mass is 35.5. The molecule has 0 unspecified atom stereocenters. The Balaban J connectivity index is 2.57. The van der Waals surface area contributed by atoms with Gasteiger partial charge >= 0.3 is 0 Å². The largest absolute Gasteiger partial charge is 0.347 e. The Hall–Kier alpha value is -0.990. The van der Waals surface area contributed by atoms with Crippen molar-refractivity contribution in [2.24, 2.45) is 5.73 Å². The van der Waals surface area contributed by atoms with E-state index in [4.69, 9.17) is 17.3 Å². The van der Waals surface area contributed by atoms with E-state index >= 15 is 0 Å². The second-order valence-corrected chi connectivity index (χ2v) is 4.87. The van der Waals surface area contributed by atoms with Crippen molar-refractivity contribution in [3.8, 4) is 0 Å². The van der Waals surface area contributed by atoms with Crippen LogP contribution in [0, 0.1) is 6.92 Å². The highest BCUT2D eigenvalue weighted by Gasteiger charge is 2.09. The molecule has 0 aliphatic rings. The molecule has 2 N–H and O–H groups in total. The van der Waals surface area contributed by atoms with E-state index in [1.54, 1.807) is 0 Å². The minimum Gasteiger partial charge on any atom is -0.347 e. The van der Waals surface area contributed by atoms with Gasteiger partial charge in [0.1, 0.15) is 0 Å². The first-order valence-electron chi connectivity index (χ1n) is 6.15. The first kappa shape index (κ1) is 12.5. The van der Waals surface area contributed by atoms with Crippen molar-refractivity contribution in [2.75, 3.05) is 6.54 Å². The van der Waals surface area contributed by atoms with Gasteiger partial charge in [0, 0.05) is 28.7 Å². The number of benzene rings is 1. The predicted octanol–water partition coefficient (Wildman–Crippen LogP) is 3.51. The van der Waals surface area contributed by atoms with Gasteiger partial charge in [-0.15, -0.1) is 0 Å². The molecule has 2 rings (SSSR count). The van der Waals surface area contributed by atoms with Crippen LogP contribution in [0.2, 0.25) is 5.02 Å². The summed E-state index contributed by atoms with van der Waals surface area (Å²) in [4.78, 5) is 0. The predicted molar refractivity (Wildman–Crippen MR) is 74.7 cm³/mol. The summed E-state index contributed by atoms with van der Waals surface area (Å²) in [6.07, 6.45) is 4.28. The van der Waals surface area contributed by atoms with Gasteiger partial charge in [-0.3, -0.25) is 0 Å². The van der Waals surface area contributed by atoms with E-state index in [0.29, 0.717) is 0 Å². The molecule has 0 radical (unpaired) electrons. The maximum atomic E-state index is 6.21. The number of aryl methyl sites for hydroxylation is 3. The number of nitrogens with two attached hydrogens (primary N) is 1. The number of halogens is 1. The number of rotatable bonds is 4. The van der Waals surface area contributed by atoms with Gasteiger partial charge in [0.2, 0.25) is 0 Å². The van der Waals surface area contributed by atoms with Gasteiger partial charge in [0.15, 0.2) is 0 Å². The maximum absolute atomic E-state index is 6.21. The molecule has 3 heteroatoms. The van der Waals surface area contributed by atoms with Gasteiger partial charge in [0.25, 0.3) is 0 Å². The summed E-state index contributed by atoms with van der Waals surface area (Å²) in [7, 11) is 0. The molecule has 92 valence electrons. The molecular formula is C14H19ClN2. The quantitative estimate of drug-likeness (QED) is 0.885. The number of hydrogen-bond acceptors (Lipinski definition) is 1. The summed E-state index contributed by atoms with van der Waals surface area (Å²) in [5.74, 6) is 0. The van der Waals surface area contributed by atoms with Crippen LogP contribution in [-0.2, 0) is 13.0 Å². The molecule has 0 fully saturated rings. The van der Waals surface area contributed by atoms with Crippen LogP contribution in [0.3, 0.4) is 0 Å². The van der Waals surface area contributed by atoms with Crippen LogP contribution < -0.4 is 5.73 Å². The summed E-state index contributed by atoms with van der Waals surface area (Å²) >= 11 is 6.21. The van der Waals surface area contributed by atoms with Crippen molar-refractivity contribution >= 4 is 22.5 Å². The Morgan fingerprint density at radius 1 is 1.35 bits per heavy atom. The van der Waals surface area contributed by atoms with Gasteiger partial charge in [0.05, 0.1) is 0 Å². The van der Waals surface area contributed by atoms with Gasteiger partial charge in [-0.25, -0.2) is 0 Å². The molecule has 1 aromatic heterocycles. The smallest absolute Gasteiger partial charge is 0.0498 e. The van der Waals surface area contributed by atoms with E-state index in [0.717, 1.165) is 36.5 Å². The second kappa shape index (κ2) is 5.11. The minimum absolute atomic E-state index is 0.723. The van der Waals surface area contributed by atoms with Crippen LogP contribution in [0.5, 0.6) is 0 Å². The third-order valence-corrected chi connectivity index (χ3v) is 3.64. The molecular weight excluding hydrogens is 232 g/mol. The topological polar surface area (TPSA) is 30.9 Å². The van der Waals surface area contributed by atoms with Crippen LogP contribution >= 0.6 is 11.6 Å². The highest BCUT2D eigenvalue weighted by molar-refractivity contribution is 6.32. The molecule has 0 bridgehead atoms. The van der Waals surface area contributed by atoms with E-state index in [9.17, 15) is 0 Å². The molecule has 2 aromatic rings. The zero-order valence-electron chi connectivity index (χ0n) is 10.5. The summed E-state index contributed by atoms with van der Waals surface area (Å²) < 4.78 is 2.27. The Morgan fingerprint density at radius 3 is 2.76 bits per heavy atom. The van der Waals surface area contributed by atoms with Crippen LogP contribution in [0.25, 0.3) is 10.9 Å². The van der Waals surface area contributed by atoms with Crippen molar-refractivity contribution in [1.29, 1.82) is 0 Å². The summed E-state index contributed by atoms with van der Waals surface area (Å²) in [5, 5.41) is 2.17. The molecule has 0 aliphatic heterocycles. The lowest BCUT2D eigenvalue weighted by atomic mass is 10.1. The molecule has 0 amide bonds. The van der Waals surface area contributed by atoms with Crippen molar-refractivity contribution in [3.63, 3.8) is 0 Å². The van der Waals surface area contributed by atoms with Crippen LogP contribution in [0.4, 0.5) is 0 Å². The molecule has 0 spiro atoms. The molecule has 1 heterocycles. The lowest BCUT2D eigenvalue weighted by molar-refractivity contribution is 0.669. The van der Waals surface area contributed by atoms with Crippen molar-refractivity contribution in [3.05, 3.63) is 34.5 Å². The van der Waals surface area contributed by atoms with E-state index in [1.807, 2.05) is 0 Å². The number of fused-ring (bicyclic) bond motifs is 1. The average molecular weight is 251 g/mol. The third kappa shape index (κ3) is 2.33. The van der Waals surface area contributed by atoms with Gasteiger partial charge in [-0.2, -0.15) is 0 Å². The Morgan fingerprint density at radius 2 is 2.12 bits per heavy atom. The van der Waals surface area contributed by atoms with E-state index in [2.05, 4.69) is 36.7 Å². The van der Waals surface area contributed by atoms with E-state index in [-0.39, 0.29) is 0 Å². The van der Waals surface area contributed by atoms with E-state index < -0.39 is 0 Å². The first-order valence-corrected chi connectivity index (χ1v) is 6.53. The lowest BCUT2D eigenvalue weighted by Gasteiger charge is -2.05. The summed E-state index contributed by atoms with van der Waals surface area (Å²) in [5.41, 5.74) is 9.33. The summed E-state index contributed by atoms with van der Waals surface area (Å²) in [6.45, 7) is 5.93. The SMILES string of the molecule is CCc1cn(CCCN)c2cc(Cl)c(C)cc12. The second-order valence-electron chi connectivity index (χ2n) is 4.46. The standard InChI is InChI=1S/C14H19ClN2/c1-3-11-9-17(6-4-5-16)14-8-13(15)10(2)7-12(11)14/h7-9H,3-6,16H2,1-2H3. The number of hydrogen-bond donors (Lipinski definition) is 1. The zero-order chi connectivity index (χ0) is 12.4. The van der Waals surface area contributed by atoms with Crippen molar-refractivity contribution < 1.29 is 0 Å². The molecule has 0 saturated heterocycles. The Bertz CT molecular complexity index is 528. The summed E-state index contributed by atoms with van der Waals surface area (Å²) in [6, 6.07) is 4.26. The number of nitrogens with zero attached hydrogens (tertiary/aromatic N) is 1. The van der Waals surface area contributed by atoms with Gasteiger partial charge < -0.3 is 10.3 Å². The van der Waals surface area contributed by atoms with Crippen LogP contribution in [-0.4, -0.2) is 11.1 Å². The molecule has 17 heavy (non-hydrogen) atoms. The maximum Gasteiger partial charge on any atom is 0.0498 e. The monoisotopic (exact) mass is 250 g/mol. The first-order chi connectivity index (χ1) is 8.17. The molecule has 2 nitrogen and oxygen atoms in total. The lowest BCUT2D eigenvalue weighted by Crippen LogP contribution is -2.04. The van der Waals surface area contributed by atoms with Crippen molar-refractivity contribution in [1.82, 2.24) is 4.57 Å². The van der Waals surface area contributed by atoms with Crippen molar-refractivity contribution in [2.45, 2.75) is 33.2 Å². The zero-order valence-corrected chi connectivity index (χ0v) is 11.2. The molecule has 0 saturated carbocycles. The number of aromatic nitrogens is 1. The Labute approximate surface area is 107 Å². The van der Waals surface area contributed by atoms with Gasteiger partial charge in [-0.1, -0.05) is 18.5 Å². The normalized spacial score (nSPS) is 11.3. The fourth-order valence-electron chi connectivity index (χ4n) is 2.22. The minimum atomic E-state index is 0.723. The van der Waals surface area contributed by atoms with Crippen LogP contribution in [0.15, 0.2) is 18.3 Å². The molecule has 1 aromatic carbocycles. The van der Waals surface area contributed by atoms with Gasteiger partial charge in [-0.05, 0) is 49.6 Å².